The fourth-order valence-corrected chi connectivity index (χ4v) is 2.88. The summed E-state index contributed by atoms with van der Waals surface area (Å²) in [6.45, 7) is -0.148. The summed E-state index contributed by atoms with van der Waals surface area (Å²) in [6.07, 6.45) is 0.531. The highest BCUT2D eigenvalue weighted by Crippen LogP contribution is 2.07. The topological polar surface area (TPSA) is 97.6 Å². The van der Waals surface area contributed by atoms with Crippen LogP contribution in [0.5, 0.6) is 5.75 Å². The van der Waals surface area contributed by atoms with E-state index in [1.165, 1.54) is 16.8 Å². The SMILES string of the molecule is O=c1ccccn1CC(O)CNS(=O)(=O)CCOc1ccccc1. The van der Waals surface area contributed by atoms with Crippen molar-refractivity contribution in [1.29, 1.82) is 0 Å². The molecule has 0 radical (unpaired) electrons. The number of rotatable bonds is 9. The number of aliphatic hydroxyl groups excluding tert-OH is 1. The summed E-state index contributed by atoms with van der Waals surface area (Å²) in [6, 6.07) is 13.5. The highest BCUT2D eigenvalue weighted by atomic mass is 32.2. The van der Waals surface area contributed by atoms with Gasteiger partial charge in [0.05, 0.1) is 18.4 Å². The van der Waals surface area contributed by atoms with E-state index in [0.29, 0.717) is 5.75 Å². The minimum Gasteiger partial charge on any atom is -0.492 e. The molecule has 0 saturated carbocycles. The van der Waals surface area contributed by atoms with Gasteiger partial charge >= 0.3 is 0 Å². The fourth-order valence-electron chi connectivity index (χ4n) is 1.98. The monoisotopic (exact) mass is 352 g/mol. The number of aromatic nitrogens is 1. The van der Waals surface area contributed by atoms with Crippen molar-refractivity contribution in [3.8, 4) is 5.75 Å². The lowest BCUT2D eigenvalue weighted by atomic mass is 10.3. The van der Waals surface area contributed by atoms with Gasteiger partial charge in [0.2, 0.25) is 10.0 Å². The number of nitrogens with zero attached hydrogens (tertiary/aromatic N) is 1. The third kappa shape index (κ3) is 6.15. The normalized spacial score (nSPS) is 12.7. The smallest absolute Gasteiger partial charge is 0.250 e. The van der Waals surface area contributed by atoms with Crippen molar-refractivity contribution in [3.63, 3.8) is 0 Å². The molecule has 1 aromatic heterocycles. The van der Waals surface area contributed by atoms with Gasteiger partial charge in [-0.25, -0.2) is 13.1 Å². The average molecular weight is 352 g/mol. The molecule has 1 atom stereocenters. The Morgan fingerprint density at radius 2 is 1.83 bits per heavy atom. The van der Waals surface area contributed by atoms with Gasteiger partial charge in [-0.1, -0.05) is 24.3 Å². The average Bonchev–Trinajstić information content (AvgIpc) is 2.56. The maximum absolute atomic E-state index is 11.9. The zero-order chi connectivity index (χ0) is 17.4. The first-order valence-corrected chi connectivity index (χ1v) is 9.10. The Morgan fingerprint density at radius 1 is 1.12 bits per heavy atom. The Kier molecular flexibility index (Phi) is 6.53. The Labute approximate surface area is 140 Å². The van der Waals surface area contributed by atoms with E-state index in [4.69, 9.17) is 4.74 Å². The predicted octanol–water partition coefficient (Wildman–Crippen LogP) is 0.208. The molecule has 130 valence electrons. The van der Waals surface area contributed by atoms with Gasteiger partial charge in [0.15, 0.2) is 0 Å². The van der Waals surface area contributed by atoms with Crippen molar-refractivity contribution < 1.29 is 18.3 Å². The number of sulfonamides is 1. The Bertz CT molecular complexity index is 789. The van der Waals surface area contributed by atoms with Crippen LogP contribution in [0.3, 0.4) is 0 Å². The molecule has 2 aromatic rings. The number of ether oxygens (including phenoxy) is 1. The highest BCUT2D eigenvalue weighted by Gasteiger charge is 2.14. The molecule has 1 heterocycles. The van der Waals surface area contributed by atoms with Gasteiger partial charge in [-0.3, -0.25) is 4.79 Å². The number of pyridine rings is 1. The van der Waals surface area contributed by atoms with E-state index >= 15 is 0 Å². The van der Waals surface area contributed by atoms with Gasteiger partial charge in [-0.05, 0) is 18.2 Å². The maximum Gasteiger partial charge on any atom is 0.250 e. The molecule has 0 amide bonds. The van der Waals surface area contributed by atoms with E-state index < -0.39 is 16.1 Å². The first kappa shape index (κ1) is 18.2. The maximum atomic E-state index is 11.9. The van der Waals surface area contributed by atoms with E-state index in [0.717, 1.165) is 0 Å². The standard InChI is InChI=1S/C16H20N2O5S/c19-14(13-18-9-5-4-8-16(18)20)12-17-24(21,22)11-10-23-15-6-2-1-3-7-15/h1-9,14,17,19H,10-13H2. The molecular weight excluding hydrogens is 332 g/mol. The van der Waals surface area contributed by atoms with Gasteiger partial charge in [-0.2, -0.15) is 0 Å². The number of benzene rings is 1. The van der Waals surface area contributed by atoms with Crippen molar-refractivity contribution >= 4 is 10.0 Å². The van der Waals surface area contributed by atoms with Gasteiger partial charge in [0.25, 0.3) is 5.56 Å². The van der Waals surface area contributed by atoms with E-state index in [-0.39, 0.29) is 31.0 Å². The Morgan fingerprint density at radius 3 is 2.54 bits per heavy atom. The second kappa shape index (κ2) is 8.62. The second-order valence-electron chi connectivity index (χ2n) is 5.17. The molecule has 0 aliphatic rings. The lowest BCUT2D eigenvalue weighted by molar-refractivity contribution is 0.156. The van der Waals surface area contributed by atoms with Crippen LogP contribution in [0.2, 0.25) is 0 Å². The number of para-hydroxylation sites is 1. The molecular formula is C16H20N2O5S. The first-order valence-electron chi connectivity index (χ1n) is 7.45. The lowest BCUT2D eigenvalue weighted by Crippen LogP contribution is -2.38. The molecule has 0 saturated heterocycles. The Balaban J connectivity index is 1.75. The molecule has 24 heavy (non-hydrogen) atoms. The molecule has 1 unspecified atom stereocenters. The van der Waals surface area contributed by atoms with Crippen LogP contribution >= 0.6 is 0 Å². The van der Waals surface area contributed by atoms with Crippen molar-refractivity contribution in [1.82, 2.24) is 9.29 Å². The fraction of sp³-hybridized carbons (Fsp3) is 0.312. The summed E-state index contributed by atoms with van der Waals surface area (Å²) in [5, 5.41) is 9.88. The third-order valence-corrected chi connectivity index (χ3v) is 4.52. The zero-order valence-corrected chi connectivity index (χ0v) is 13.9. The quantitative estimate of drug-likeness (QED) is 0.672. The van der Waals surface area contributed by atoms with Gasteiger partial charge < -0.3 is 14.4 Å². The van der Waals surface area contributed by atoms with Crippen LogP contribution in [0.1, 0.15) is 0 Å². The van der Waals surface area contributed by atoms with Gasteiger partial charge in [0.1, 0.15) is 12.4 Å². The van der Waals surface area contributed by atoms with E-state index in [1.807, 2.05) is 6.07 Å². The number of nitrogens with one attached hydrogen (secondary N) is 1. The van der Waals surface area contributed by atoms with Crippen molar-refractivity contribution in [3.05, 3.63) is 65.1 Å². The lowest BCUT2D eigenvalue weighted by Gasteiger charge is -2.14. The molecule has 0 bridgehead atoms. The van der Waals surface area contributed by atoms with Crippen molar-refractivity contribution in [2.45, 2.75) is 12.6 Å². The van der Waals surface area contributed by atoms with Crippen LogP contribution < -0.4 is 15.0 Å². The zero-order valence-electron chi connectivity index (χ0n) is 13.0. The molecule has 2 N–H and O–H groups in total. The summed E-state index contributed by atoms with van der Waals surface area (Å²) in [5.74, 6) is 0.371. The summed E-state index contributed by atoms with van der Waals surface area (Å²) in [4.78, 5) is 11.5. The summed E-state index contributed by atoms with van der Waals surface area (Å²) in [5.41, 5.74) is -0.254. The Hall–Kier alpha value is -2.16. The number of aliphatic hydroxyl groups is 1. The molecule has 0 aliphatic heterocycles. The molecule has 0 aliphatic carbocycles. The molecule has 0 spiro atoms. The molecule has 0 fully saturated rings. The van der Waals surface area contributed by atoms with Crippen LogP contribution in [0, 0.1) is 0 Å². The first-order chi connectivity index (χ1) is 11.5. The van der Waals surface area contributed by atoms with Crippen molar-refractivity contribution in [2.24, 2.45) is 0 Å². The molecule has 1 aromatic carbocycles. The minimum atomic E-state index is -3.57. The van der Waals surface area contributed by atoms with Crippen LogP contribution in [-0.4, -0.2) is 43.1 Å². The van der Waals surface area contributed by atoms with Crippen LogP contribution in [0.4, 0.5) is 0 Å². The molecule has 8 heteroatoms. The van der Waals surface area contributed by atoms with E-state index in [1.54, 1.807) is 36.4 Å². The number of hydrogen-bond donors (Lipinski definition) is 2. The third-order valence-electron chi connectivity index (χ3n) is 3.21. The summed E-state index contributed by atoms with van der Waals surface area (Å²) >= 11 is 0. The van der Waals surface area contributed by atoms with E-state index in [9.17, 15) is 18.3 Å². The predicted molar refractivity (Wildman–Crippen MR) is 90.4 cm³/mol. The van der Waals surface area contributed by atoms with E-state index in [2.05, 4.69) is 4.72 Å². The van der Waals surface area contributed by atoms with Gasteiger partial charge in [0, 0.05) is 18.8 Å². The second-order valence-corrected chi connectivity index (χ2v) is 7.10. The van der Waals surface area contributed by atoms with Gasteiger partial charge in [-0.15, -0.1) is 0 Å². The van der Waals surface area contributed by atoms with Crippen LogP contribution in [-0.2, 0) is 16.6 Å². The highest BCUT2D eigenvalue weighted by molar-refractivity contribution is 7.89. The van der Waals surface area contributed by atoms with Crippen LogP contribution in [0.15, 0.2) is 59.5 Å². The summed E-state index contributed by atoms with van der Waals surface area (Å²) in [7, 11) is -3.57. The van der Waals surface area contributed by atoms with Crippen LogP contribution in [0.25, 0.3) is 0 Å². The molecule has 7 nitrogen and oxygen atoms in total. The number of hydrogen-bond acceptors (Lipinski definition) is 5. The molecule has 2 rings (SSSR count). The van der Waals surface area contributed by atoms with Crippen molar-refractivity contribution in [2.75, 3.05) is 18.9 Å². The largest absolute Gasteiger partial charge is 0.492 e. The summed E-state index contributed by atoms with van der Waals surface area (Å²) < 4.78 is 32.7. The minimum absolute atomic E-state index is 0.00753.